The van der Waals surface area contributed by atoms with Crippen molar-refractivity contribution >= 4 is 17.6 Å². The molecular formula is C22H37N5O2. The van der Waals surface area contributed by atoms with Gasteiger partial charge in [0.1, 0.15) is 0 Å². The Balaban J connectivity index is 1.85. The molecule has 7 nitrogen and oxygen atoms in total. The molecule has 0 bridgehead atoms. The van der Waals surface area contributed by atoms with Gasteiger partial charge in [-0.15, -0.1) is 0 Å². The molecule has 7 heteroatoms. The Labute approximate surface area is 175 Å². The highest BCUT2D eigenvalue weighted by Crippen LogP contribution is 2.15. The van der Waals surface area contributed by atoms with Crippen LogP contribution in [0, 0.1) is 5.92 Å². The summed E-state index contributed by atoms with van der Waals surface area (Å²) in [5.74, 6) is 0.829. The molecule has 1 aliphatic rings. The number of guanidine groups is 1. The van der Waals surface area contributed by atoms with Crippen LogP contribution in [0.4, 0.5) is 5.69 Å². The average molecular weight is 404 g/mol. The van der Waals surface area contributed by atoms with Crippen LogP contribution in [0.25, 0.3) is 0 Å². The van der Waals surface area contributed by atoms with E-state index in [1.54, 1.807) is 7.05 Å². The highest BCUT2D eigenvalue weighted by molar-refractivity contribution is 5.92. The van der Waals surface area contributed by atoms with E-state index in [0.717, 1.165) is 56.5 Å². The lowest BCUT2D eigenvalue weighted by Gasteiger charge is -2.41. The number of amides is 1. The largest absolute Gasteiger partial charge is 0.379 e. The zero-order valence-corrected chi connectivity index (χ0v) is 18.5. The number of carbonyl (C=O) groups is 1. The maximum absolute atomic E-state index is 12.1. The van der Waals surface area contributed by atoms with Crippen molar-refractivity contribution in [1.29, 1.82) is 0 Å². The van der Waals surface area contributed by atoms with Gasteiger partial charge < -0.3 is 20.7 Å². The van der Waals surface area contributed by atoms with Gasteiger partial charge in [0, 0.05) is 50.4 Å². The molecule has 0 saturated carbocycles. The predicted molar refractivity (Wildman–Crippen MR) is 119 cm³/mol. The van der Waals surface area contributed by atoms with E-state index in [1.807, 2.05) is 38.1 Å². The molecule has 1 heterocycles. The molecule has 0 aliphatic carbocycles. The molecule has 29 heavy (non-hydrogen) atoms. The van der Waals surface area contributed by atoms with Gasteiger partial charge in [0.2, 0.25) is 5.91 Å². The van der Waals surface area contributed by atoms with Crippen molar-refractivity contribution in [2.45, 2.75) is 46.2 Å². The quantitative estimate of drug-likeness (QED) is 0.459. The maximum atomic E-state index is 12.1. The second kappa shape index (κ2) is 11.2. The SMILES string of the molecule is CCC(C)C(=O)Nc1cccc(CNC(=NC)NCC(C)(C)N2CCOCC2)c1. The number of hydrogen-bond acceptors (Lipinski definition) is 4. The van der Waals surface area contributed by atoms with Crippen molar-refractivity contribution in [2.24, 2.45) is 10.9 Å². The average Bonchev–Trinajstić information content (AvgIpc) is 2.74. The summed E-state index contributed by atoms with van der Waals surface area (Å²) in [5.41, 5.74) is 1.93. The van der Waals surface area contributed by atoms with Crippen molar-refractivity contribution in [3.05, 3.63) is 29.8 Å². The monoisotopic (exact) mass is 403 g/mol. The van der Waals surface area contributed by atoms with Gasteiger partial charge in [-0.1, -0.05) is 26.0 Å². The number of carbonyl (C=O) groups excluding carboxylic acids is 1. The molecule has 1 fully saturated rings. The second-order valence-electron chi connectivity index (χ2n) is 8.19. The molecular weight excluding hydrogens is 366 g/mol. The van der Waals surface area contributed by atoms with E-state index in [9.17, 15) is 4.79 Å². The Morgan fingerprint density at radius 1 is 1.28 bits per heavy atom. The Morgan fingerprint density at radius 3 is 2.66 bits per heavy atom. The zero-order chi connectivity index (χ0) is 21.3. The smallest absolute Gasteiger partial charge is 0.227 e. The highest BCUT2D eigenvalue weighted by atomic mass is 16.5. The van der Waals surface area contributed by atoms with Crippen molar-refractivity contribution in [3.8, 4) is 0 Å². The first-order valence-electron chi connectivity index (χ1n) is 10.5. The summed E-state index contributed by atoms with van der Waals surface area (Å²) in [5, 5.41) is 9.78. The van der Waals surface area contributed by atoms with Crippen LogP contribution in [-0.2, 0) is 16.1 Å². The molecule has 3 N–H and O–H groups in total. The van der Waals surface area contributed by atoms with E-state index in [1.165, 1.54) is 0 Å². The van der Waals surface area contributed by atoms with Gasteiger partial charge in [-0.2, -0.15) is 0 Å². The third kappa shape index (κ3) is 7.33. The van der Waals surface area contributed by atoms with Gasteiger partial charge >= 0.3 is 0 Å². The standard InChI is InChI=1S/C22H37N5O2/c1-6-17(2)20(28)26-19-9-7-8-18(14-19)15-24-21(23-5)25-16-22(3,4)27-10-12-29-13-11-27/h7-9,14,17H,6,10-13,15-16H2,1-5H3,(H,26,28)(H2,23,24,25). The minimum Gasteiger partial charge on any atom is -0.379 e. The number of ether oxygens (including phenoxy) is 1. The van der Waals surface area contributed by atoms with E-state index >= 15 is 0 Å². The van der Waals surface area contributed by atoms with Crippen LogP contribution < -0.4 is 16.0 Å². The molecule has 2 rings (SSSR count). The van der Waals surface area contributed by atoms with Crippen LogP contribution in [0.5, 0.6) is 0 Å². The van der Waals surface area contributed by atoms with E-state index in [4.69, 9.17) is 4.74 Å². The lowest BCUT2D eigenvalue weighted by atomic mass is 10.0. The van der Waals surface area contributed by atoms with Crippen LogP contribution in [-0.4, -0.2) is 62.2 Å². The van der Waals surface area contributed by atoms with Gasteiger partial charge in [0.05, 0.1) is 13.2 Å². The van der Waals surface area contributed by atoms with Crippen LogP contribution in [0.15, 0.2) is 29.3 Å². The van der Waals surface area contributed by atoms with Crippen LogP contribution in [0.2, 0.25) is 0 Å². The van der Waals surface area contributed by atoms with Crippen molar-refractivity contribution in [2.75, 3.05) is 45.2 Å². The summed E-state index contributed by atoms with van der Waals surface area (Å²) in [6.45, 7) is 13.3. The lowest BCUT2D eigenvalue weighted by Crippen LogP contribution is -2.56. The molecule has 0 aromatic heterocycles. The highest BCUT2D eigenvalue weighted by Gasteiger charge is 2.28. The van der Waals surface area contributed by atoms with Crippen molar-refractivity contribution in [1.82, 2.24) is 15.5 Å². The number of morpholine rings is 1. The van der Waals surface area contributed by atoms with Gasteiger partial charge in [0.25, 0.3) is 0 Å². The van der Waals surface area contributed by atoms with Gasteiger partial charge in [-0.25, -0.2) is 0 Å². The van der Waals surface area contributed by atoms with E-state index < -0.39 is 0 Å². The fraction of sp³-hybridized carbons (Fsp3) is 0.636. The third-order valence-corrected chi connectivity index (χ3v) is 5.49. The molecule has 0 spiro atoms. The van der Waals surface area contributed by atoms with E-state index in [0.29, 0.717) is 6.54 Å². The topological polar surface area (TPSA) is 78.0 Å². The van der Waals surface area contributed by atoms with E-state index in [2.05, 4.69) is 39.7 Å². The molecule has 1 atom stereocenters. The first kappa shape index (κ1) is 23.2. The molecule has 0 radical (unpaired) electrons. The molecule has 1 saturated heterocycles. The van der Waals surface area contributed by atoms with E-state index in [-0.39, 0.29) is 17.4 Å². The van der Waals surface area contributed by atoms with Gasteiger partial charge in [-0.05, 0) is 38.0 Å². The molecule has 1 amide bonds. The van der Waals surface area contributed by atoms with Gasteiger partial charge in [0.15, 0.2) is 5.96 Å². The normalized spacial score (nSPS) is 16.9. The van der Waals surface area contributed by atoms with Crippen LogP contribution in [0.3, 0.4) is 0 Å². The molecule has 1 unspecified atom stereocenters. The number of anilines is 1. The minimum atomic E-state index is 0.00892. The Kier molecular flexibility index (Phi) is 8.92. The summed E-state index contributed by atoms with van der Waals surface area (Å²) in [6.07, 6.45) is 0.829. The Morgan fingerprint density at radius 2 is 2.00 bits per heavy atom. The summed E-state index contributed by atoms with van der Waals surface area (Å²) in [6, 6.07) is 7.91. The number of nitrogens with one attached hydrogen (secondary N) is 3. The molecule has 162 valence electrons. The summed E-state index contributed by atoms with van der Waals surface area (Å²) >= 11 is 0. The first-order chi connectivity index (χ1) is 13.9. The third-order valence-electron chi connectivity index (χ3n) is 5.49. The summed E-state index contributed by atoms with van der Waals surface area (Å²) in [7, 11) is 1.78. The molecule has 1 aromatic rings. The Bertz CT molecular complexity index is 684. The number of rotatable bonds is 8. The first-order valence-corrected chi connectivity index (χ1v) is 10.5. The predicted octanol–water partition coefficient (Wildman–Crippen LogP) is 2.45. The maximum Gasteiger partial charge on any atom is 0.227 e. The van der Waals surface area contributed by atoms with Crippen LogP contribution >= 0.6 is 0 Å². The zero-order valence-electron chi connectivity index (χ0n) is 18.5. The van der Waals surface area contributed by atoms with Crippen LogP contribution in [0.1, 0.15) is 39.7 Å². The number of benzene rings is 1. The summed E-state index contributed by atoms with van der Waals surface area (Å²) in [4.78, 5) is 18.9. The number of aliphatic imine (C=N–C) groups is 1. The Hall–Kier alpha value is -2.12. The molecule has 1 aliphatic heterocycles. The van der Waals surface area contributed by atoms with Gasteiger partial charge in [-0.3, -0.25) is 14.7 Å². The minimum absolute atomic E-state index is 0.00892. The molecule has 1 aromatic carbocycles. The fourth-order valence-corrected chi connectivity index (χ4v) is 3.20. The van der Waals surface area contributed by atoms with Crippen molar-refractivity contribution < 1.29 is 9.53 Å². The fourth-order valence-electron chi connectivity index (χ4n) is 3.20. The summed E-state index contributed by atoms with van der Waals surface area (Å²) < 4.78 is 5.46. The lowest BCUT2D eigenvalue weighted by molar-refractivity contribution is -0.119. The second-order valence-corrected chi connectivity index (χ2v) is 8.19. The number of nitrogens with zero attached hydrogens (tertiary/aromatic N) is 2. The number of hydrogen-bond donors (Lipinski definition) is 3. The van der Waals surface area contributed by atoms with Crippen molar-refractivity contribution in [3.63, 3.8) is 0 Å².